The number of aliphatic hydroxyl groups is 1. The molecule has 1 unspecified atom stereocenters. The molecule has 2 aromatic rings. The largest absolute Gasteiger partial charge is 0.453 e. The van der Waals surface area contributed by atoms with Crippen LogP contribution in [0.5, 0.6) is 0 Å². The van der Waals surface area contributed by atoms with Crippen LogP contribution in [0.4, 0.5) is 10.5 Å². The number of nitrogens with one attached hydrogen (secondary N) is 1. The number of aliphatic hydroxyl groups excluding tert-OH is 1. The molecule has 0 bridgehead atoms. The first kappa shape index (κ1) is 21.5. The van der Waals surface area contributed by atoms with Gasteiger partial charge in [-0.2, -0.15) is 0 Å². The number of nitrogens with zero attached hydrogens (tertiary/aromatic N) is 4. The number of amides is 1. The lowest BCUT2D eigenvalue weighted by Crippen LogP contribution is -2.47. The number of thioether (sulfide) groups is 1. The number of aromatic nitrogens is 2. The predicted molar refractivity (Wildman–Crippen MR) is 120 cm³/mol. The molecular weight excluding hydrogens is 426 g/mol. The van der Waals surface area contributed by atoms with E-state index in [0.717, 1.165) is 74.0 Å². The number of benzene rings is 1. The van der Waals surface area contributed by atoms with E-state index in [1.165, 1.54) is 7.11 Å². The Bertz CT molecular complexity index is 887. The fourth-order valence-corrected chi connectivity index (χ4v) is 5.59. The maximum atomic E-state index is 11.8. The smallest absolute Gasteiger partial charge is 0.409 e. The second-order valence-corrected chi connectivity index (χ2v) is 9.41. The highest BCUT2D eigenvalue weighted by molar-refractivity contribution is 7.99. The minimum absolute atomic E-state index is 0.193. The SMILES string of the molecule is COC(=O)N1CCCC(Sc2nc3cc(N4CCN(CCO)CC4)c(Cl)cc3[nH]2)C1. The van der Waals surface area contributed by atoms with E-state index < -0.39 is 0 Å². The zero-order chi connectivity index (χ0) is 21.1. The molecule has 10 heteroatoms. The molecule has 0 radical (unpaired) electrons. The Morgan fingerprint density at radius 3 is 2.87 bits per heavy atom. The third-order valence-corrected chi connectivity index (χ3v) is 7.18. The zero-order valence-corrected chi connectivity index (χ0v) is 18.7. The number of fused-ring (bicyclic) bond motifs is 1. The number of aromatic amines is 1. The van der Waals surface area contributed by atoms with Gasteiger partial charge in [-0.25, -0.2) is 9.78 Å². The number of imidazole rings is 1. The first-order chi connectivity index (χ1) is 14.6. The number of β-amino-alcohol motifs (C(OH)–C–C–N with tert-alkyl or cyclic N) is 1. The summed E-state index contributed by atoms with van der Waals surface area (Å²) >= 11 is 8.27. The molecule has 2 N–H and O–H groups in total. The highest BCUT2D eigenvalue weighted by atomic mass is 35.5. The number of hydrogen-bond acceptors (Lipinski definition) is 7. The highest BCUT2D eigenvalue weighted by Crippen LogP contribution is 2.34. The van der Waals surface area contributed by atoms with Crippen molar-refractivity contribution < 1.29 is 14.6 Å². The van der Waals surface area contributed by atoms with Gasteiger partial charge in [0, 0.05) is 51.1 Å². The summed E-state index contributed by atoms with van der Waals surface area (Å²) in [4.78, 5) is 26.3. The van der Waals surface area contributed by atoms with Crippen LogP contribution < -0.4 is 4.90 Å². The number of piperazine rings is 1. The van der Waals surface area contributed by atoms with Crippen LogP contribution in [-0.2, 0) is 4.74 Å². The van der Waals surface area contributed by atoms with Gasteiger partial charge < -0.3 is 24.6 Å². The number of carbonyl (C=O) groups is 1. The van der Waals surface area contributed by atoms with Crippen LogP contribution in [0.25, 0.3) is 11.0 Å². The van der Waals surface area contributed by atoms with Crippen LogP contribution in [0.3, 0.4) is 0 Å². The molecule has 1 aromatic heterocycles. The molecule has 1 amide bonds. The number of rotatable bonds is 5. The summed E-state index contributed by atoms with van der Waals surface area (Å²) in [6, 6.07) is 4.01. The van der Waals surface area contributed by atoms with Gasteiger partial charge in [0.2, 0.25) is 0 Å². The number of anilines is 1. The van der Waals surface area contributed by atoms with E-state index in [2.05, 4.69) is 20.9 Å². The number of hydrogen-bond donors (Lipinski definition) is 2. The maximum Gasteiger partial charge on any atom is 0.409 e. The van der Waals surface area contributed by atoms with Gasteiger partial charge in [-0.3, -0.25) is 4.90 Å². The molecule has 2 aliphatic rings. The van der Waals surface area contributed by atoms with E-state index in [1.54, 1.807) is 16.7 Å². The molecule has 1 aromatic carbocycles. The molecule has 0 spiro atoms. The Kier molecular flexibility index (Phi) is 6.92. The lowest BCUT2D eigenvalue weighted by Gasteiger charge is -2.36. The van der Waals surface area contributed by atoms with E-state index in [0.29, 0.717) is 11.6 Å². The van der Waals surface area contributed by atoms with Crippen molar-refractivity contribution in [3.8, 4) is 0 Å². The molecule has 1 atom stereocenters. The number of H-pyrrole nitrogens is 1. The maximum absolute atomic E-state index is 11.8. The van der Waals surface area contributed by atoms with Gasteiger partial charge in [-0.1, -0.05) is 23.4 Å². The van der Waals surface area contributed by atoms with Crippen molar-refractivity contribution in [2.45, 2.75) is 23.2 Å². The van der Waals surface area contributed by atoms with Crippen molar-refractivity contribution in [2.75, 3.05) is 64.4 Å². The molecule has 0 saturated carbocycles. The Hall–Kier alpha value is -1.68. The molecule has 2 fully saturated rings. The van der Waals surface area contributed by atoms with Crippen molar-refractivity contribution in [2.24, 2.45) is 0 Å². The van der Waals surface area contributed by atoms with Crippen LogP contribution in [0.15, 0.2) is 17.3 Å². The Morgan fingerprint density at radius 1 is 1.33 bits per heavy atom. The number of carbonyl (C=O) groups excluding carboxylic acids is 1. The molecule has 8 nitrogen and oxygen atoms in total. The number of halogens is 1. The lowest BCUT2D eigenvalue weighted by molar-refractivity contribution is 0.116. The van der Waals surface area contributed by atoms with Gasteiger partial charge in [0.15, 0.2) is 5.16 Å². The fraction of sp³-hybridized carbons (Fsp3) is 0.600. The summed E-state index contributed by atoms with van der Waals surface area (Å²) < 4.78 is 4.86. The van der Waals surface area contributed by atoms with Crippen molar-refractivity contribution in [3.05, 3.63) is 17.2 Å². The molecular formula is C20H28ClN5O3S. The normalized spacial score (nSPS) is 20.7. The zero-order valence-electron chi connectivity index (χ0n) is 17.1. The Labute approximate surface area is 185 Å². The number of likely N-dealkylation sites (tertiary alicyclic amines) is 1. The molecule has 2 aliphatic heterocycles. The van der Waals surface area contributed by atoms with E-state index in [4.69, 9.17) is 26.4 Å². The van der Waals surface area contributed by atoms with Crippen molar-refractivity contribution in [3.63, 3.8) is 0 Å². The minimum atomic E-state index is -0.264. The summed E-state index contributed by atoms with van der Waals surface area (Å²) in [6.45, 7) is 5.90. The van der Waals surface area contributed by atoms with E-state index >= 15 is 0 Å². The summed E-state index contributed by atoms with van der Waals surface area (Å²) in [7, 11) is 1.42. The van der Waals surface area contributed by atoms with Crippen molar-refractivity contribution in [1.82, 2.24) is 19.8 Å². The van der Waals surface area contributed by atoms with Crippen LogP contribution in [0.1, 0.15) is 12.8 Å². The van der Waals surface area contributed by atoms with Gasteiger partial charge in [-0.15, -0.1) is 0 Å². The van der Waals surface area contributed by atoms with Crippen LogP contribution in [0, 0.1) is 0 Å². The highest BCUT2D eigenvalue weighted by Gasteiger charge is 2.26. The quantitative estimate of drug-likeness (QED) is 0.719. The van der Waals surface area contributed by atoms with Crippen molar-refractivity contribution >= 4 is 46.2 Å². The first-order valence-electron chi connectivity index (χ1n) is 10.3. The average Bonchev–Trinajstić information content (AvgIpc) is 3.14. The second kappa shape index (κ2) is 9.64. The number of ether oxygens (including phenoxy) is 1. The summed E-state index contributed by atoms with van der Waals surface area (Å²) in [5.74, 6) is 0. The number of methoxy groups -OCH3 is 1. The second-order valence-electron chi connectivity index (χ2n) is 7.71. The minimum Gasteiger partial charge on any atom is -0.453 e. The van der Waals surface area contributed by atoms with Crippen LogP contribution >= 0.6 is 23.4 Å². The van der Waals surface area contributed by atoms with Gasteiger partial charge in [0.1, 0.15) is 0 Å². The van der Waals surface area contributed by atoms with Crippen LogP contribution in [-0.4, -0.2) is 95.7 Å². The molecule has 4 rings (SSSR count). The van der Waals surface area contributed by atoms with Gasteiger partial charge in [-0.05, 0) is 25.0 Å². The molecule has 2 saturated heterocycles. The first-order valence-corrected chi connectivity index (χ1v) is 11.6. The fourth-order valence-electron chi connectivity index (χ4n) is 4.14. The van der Waals surface area contributed by atoms with Gasteiger partial charge in [0.05, 0.1) is 35.5 Å². The Morgan fingerprint density at radius 2 is 2.13 bits per heavy atom. The molecule has 30 heavy (non-hydrogen) atoms. The number of piperidine rings is 1. The molecule has 3 heterocycles. The Balaban J connectivity index is 1.45. The van der Waals surface area contributed by atoms with Crippen LogP contribution in [0.2, 0.25) is 5.02 Å². The average molecular weight is 454 g/mol. The summed E-state index contributed by atoms with van der Waals surface area (Å²) in [5.41, 5.74) is 2.83. The third-order valence-electron chi connectivity index (χ3n) is 5.75. The monoisotopic (exact) mass is 453 g/mol. The summed E-state index contributed by atoms with van der Waals surface area (Å²) in [5, 5.41) is 11.0. The molecule has 0 aliphatic carbocycles. The topological polar surface area (TPSA) is 84.9 Å². The lowest BCUT2D eigenvalue weighted by atomic mass is 10.1. The standard InChI is InChI=1S/C20H28ClN5O3S/c1-29-20(28)26-4-2-3-14(13-26)30-19-22-16-11-15(21)18(12-17(16)23-19)25-7-5-24(6-8-25)9-10-27/h11-12,14,27H,2-10,13H2,1H3,(H,22,23). The van der Waals surface area contributed by atoms with E-state index in [9.17, 15) is 4.79 Å². The van der Waals surface area contributed by atoms with E-state index in [-0.39, 0.29) is 18.0 Å². The van der Waals surface area contributed by atoms with Crippen molar-refractivity contribution in [1.29, 1.82) is 0 Å². The third kappa shape index (κ3) is 4.80. The summed E-state index contributed by atoms with van der Waals surface area (Å²) in [6.07, 6.45) is 1.74. The van der Waals surface area contributed by atoms with E-state index in [1.807, 2.05) is 6.07 Å². The van der Waals surface area contributed by atoms with Gasteiger partial charge in [0.25, 0.3) is 0 Å². The predicted octanol–water partition coefficient (Wildman–Crippen LogP) is 2.65. The molecule has 164 valence electrons. The van der Waals surface area contributed by atoms with Gasteiger partial charge >= 0.3 is 6.09 Å².